The Morgan fingerprint density at radius 3 is 2.64 bits per heavy atom. The first kappa shape index (κ1) is 14.3. The van der Waals surface area contributed by atoms with E-state index in [9.17, 15) is 4.79 Å². The maximum Gasteiger partial charge on any atom is 0.279 e. The number of nitrogens with one attached hydrogen (secondary N) is 1. The molecule has 0 unspecified atom stereocenters. The molecule has 0 saturated heterocycles. The third-order valence-corrected chi connectivity index (χ3v) is 4.94. The van der Waals surface area contributed by atoms with Crippen LogP contribution in [0.25, 0.3) is 27.7 Å². The average Bonchev–Trinajstić information content (AvgIpc) is 3.23. The number of H-pyrrole nitrogens is 1. The lowest BCUT2D eigenvalue weighted by molar-refractivity contribution is 0.768. The van der Waals surface area contributed by atoms with Crippen LogP contribution in [-0.4, -0.2) is 19.3 Å². The first-order valence-corrected chi connectivity index (χ1v) is 8.53. The summed E-state index contributed by atoms with van der Waals surface area (Å²) in [5, 5.41) is 5.33. The van der Waals surface area contributed by atoms with Crippen molar-refractivity contribution in [2.45, 2.75) is 18.8 Å². The Morgan fingerprint density at radius 2 is 1.96 bits per heavy atom. The number of hydrogen-bond donors (Lipinski definition) is 1. The monoisotopic (exact) mass is 330 g/mol. The van der Waals surface area contributed by atoms with Gasteiger partial charge in [-0.25, -0.2) is 0 Å². The molecule has 5 heteroatoms. The Kier molecular flexibility index (Phi) is 2.98. The van der Waals surface area contributed by atoms with Gasteiger partial charge < -0.3 is 4.98 Å². The van der Waals surface area contributed by atoms with E-state index in [-0.39, 0.29) is 5.56 Å². The lowest BCUT2D eigenvalue weighted by atomic mass is 10.0. The summed E-state index contributed by atoms with van der Waals surface area (Å²) in [4.78, 5) is 16.3. The number of para-hydroxylation sites is 1. The number of aryl methyl sites for hydroxylation is 1. The Balaban J connectivity index is 1.82. The summed E-state index contributed by atoms with van der Waals surface area (Å²) >= 11 is 0. The molecule has 3 aromatic heterocycles. The molecule has 1 aliphatic rings. The average molecular weight is 330 g/mol. The molecular weight excluding hydrogens is 312 g/mol. The molecule has 0 bridgehead atoms. The zero-order chi connectivity index (χ0) is 17.0. The Labute approximate surface area is 144 Å². The number of pyridine rings is 1. The smallest absolute Gasteiger partial charge is 0.279 e. The van der Waals surface area contributed by atoms with Crippen molar-refractivity contribution in [2.75, 3.05) is 0 Å². The Morgan fingerprint density at radius 1 is 1.16 bits per heavy atom. The van der Waals surface area contributed by atoms with Crippen LogP contribution in [-0.2, 0) is 7.05 Å². The van der Waals surface area contributed by atoms with Crippen molar-refractivity contribution in [2.24, 2.45) is 7.05 Å². The van der Waals surface area contributed by atoms with Gasteiger partial charge in [-0.2, -0.15) is 5.10 Å². The van der Waals surface area contributed by atoms with Crippen molar-refractivity contribution in [3.8, 4) is 16.8 Å². The van der Waals surface area contributed by atoms with Gasteiger partial charge in [-0.15, -0.1) is 0 Å². The normalized spacial score (nSPS) is 14.3. The second-order valence-electron chi connectivity index (χ2n) is 6.72. The van der Waals surface area contributed by atoms with Gasteiger partial charge in [0.25, 0.3) is 5.56 Å². The van der Waals surface area contributed by atoms with Gasteiger partial charge in [0.2, 0.25) is 0 Å². The van der Waals surface area contributed by atoms with E-state index >= 15 is 0 Å². The summed E-state index contributed by atoms with van der Waals surface area (Å²) < 4.78 is 3.55. The van der Waals surface area contributed by atoms with Crippen LogP contribution < -0.4 is 5.56 Å². The molecule has 25 heavy (non-hydrogen) atoms. The highest BCUT2D eigenvalue weighted by Crippen LogP contribution is 2.45. The number of benzene rings is 1. The quantitative estimate of drug-likeness (QED) is 0.624. The van der Waals surface area contributed by atoms with Gasteiger partial charge in [0, 0.05) is 47.8 Å². The van der Waals surface area contributed by atoms with Crippen molar-refractivity contribution in [3.05, 3.63) is 71.0 Å². The fourth-order valence-electron chi connectivity index (χ4n) is 3.55. The van der Waals surface area contributed by atoms with Crippen molar-refractivity contribution >= 4 is 10.9 Å². The van der Waals surface area contributed by atoms with E-state index < -0.39 is 0 Å². The van der Waals surface area contributed by atoms with Crippen LogP contribution >= 0.6 is 0 Å². The molecule has 0 aliphatic heterocycles. The number of rotatable bonds is 3. The SMILES string of the molecule is Cn1cc(-c2c[nH]c3c(=O)n(-c4ccccc4)cc(C4CC4)c23)cn1. The maximum absolute atomic E-state index is 13.1. The minimum atomic E-state index is -0.0132. The molecule has 1 aliphatic carbocycles. The topological polar surface area (TPSA) is 55.6 Å². The highest BCUT2D eigenvalue weighted by atomic mass is 16.1. The van der Waals surface area contributed by atoms with E-state index in [1.165, 1.54) is 18.4 Å². The summed E-state index contributed by atoms with van der Waals surface area (Å²) in [6.45, 7) is 0. The predicted molar refractivity (Wildman–Crippen MR) is 98.1 cm³/mol. The predicted octanol–water partition coefficient (Wildman–Crippen LogP) is 3.60. The van der Waals surface area contributed by atoms with Gasteiger partial charge in [0.15, 0.2) is 0 Å². The number of aromatic amines is 1. The van der Waals surface area contributed by atoms with Crippen LogP contribution in [0.15, 0.2) is 59.9 Å². The first-order valence-electron chi connectivity index (χ1n) is 8.53. The molecule has 1 saturated carbocycles. The minimum Gasteiger partial charge on any atom is -0.356 e. The summed E-state index contributed by atoms with van der Waals surface area (Å²) in [6.07, 6.45) is 10.2. The van der Waals surface area contributed by atoms with Gasteiger partial charge in [-0.05, 0) is 36.5 Å². The molecule has 1 fully saturated rings. The van der Waals surface area contributed by atoms with Crippen LogP contribution in [0, 0.1) is 0 Å². The van der Waals surface area contributed by atoms with Crippen LogP contribution in [0.5, 0.6) is 0 Å². The molecule has 5 rings (SSSR count). The number of aromatic nitrogens is 4. The third kappa shape index (κ3) is 2.23. The third-order valence-electron chi connectivity index (χ3n) is 4.94. The number of fused-ring (bicyclic) bond motifs is 1. The largest absolute Gasteiger partial charge is 0.356 e. The molecule has 0 radical (unpaired) electrons. The summed E-state index contributed by atoms with van der Waals surface area (Å²) in [5.74, 6) is 0.532. The number of nitrogens with zero attached hydrogens (tertiary/aromatic N) is 3. The van der Waals surface area contributed by atoms with Gasteiger partial charge >= 0.3 is 0 Å². The van der Waals surface area contributed by atoms with Gasteiger partial charge in [0.1, 0.15) is 5.52 Å². The zero-order valence-electron chi connectivity index (χ0n) is 13.9. The molecule has 0 amide bonds. The maximum atomic E-state index is 13.1. The van der Waals surface area contributed by atoms with Crippen molar-refractivity contribution in [1.82, 2.24) is 19.3 Å². The van der Waals surface area contributed by atoms with Gasteiger partial charge in [0.05, 0.1) is 6.20 Å². The van der Waals surface area contributed by atoms with Crippen molar-refractivity contribution < 1.29 is 0 Å². The molecule has 124 valence electrons. The van der Waals surface area contributed by atoms with E-state index in [1.807, 2.05) is 62.2 Å². The van der Waals surface area contributed by atoms with Crippen LogP contribution in [0.3, 0.4) is 0 Å². The zero-order valence-corrected chi connectivity index (χ0v) is 13.9. The lowest BCUT2D eigenvalue weighted by Crippen LogP contribution is -2.19. The Hall–Kier alpha value is -3.08. The van der Waals surface area contributed by atoms with Crippen molar-refractivity contribution in [1.29, 1.82) is 0 Å². The fourth-order valence-corrected chi connectivity index (χ4v) is 3.55. The van der Waals surface area contributed by atoms with E-state index in [0.717, 1.165) is 22.2 Å². The van der Waals surface area contributed by atoms with Crippen LogP contribution in [0.2, 0.25) is 0 Å². The molecule has 5 nitrogen and oxygen atoms in total. The molecule has 0 spiro atoms. The van der Waals surface area contributed by atoms with Crippen molar-refractivity contribution in [3.63, 3.8) is 0 Å². The standard InChI is InChI=1S/C20H18N4O/c1-23-11-14(9-22-23)16-10-21-19-18(16)17(13-7-8-13)12-24(20(19)25)15-5-3-2-4-6-15/h2-6,9-13,21H,7-8H2,1H3. The second kappa shape index (κ2) is 5.21. The van der Waals surface area contributed by atoms with E-state index in [4.69, 9.17) is 0 Å². The van der Waals surface area contributed by atoms with E-state index in [0.29, 0.717) is 11.4 Å². The second-order valence-corrected chi connectivity index (χ2v) is 6.72. The molecule has 0 atom stereocenters. The molecule has 3 heterocycles. The minimum absolute atomic E-state index is 0.0132. The van der Waals surface area contributed by atoms with E-state index in [1.54, 1.807) is 9.25 Å². The molecule has 1 N–H and O–H groups in total. The van der Waals surface area contributed by atoms with Gasteiger partial charge in [-0.1, -0.05) is 18.2 Å². The first-order chi connectivity index (χ1) is 12.2. The fraction of sp³-hybridized carbons (Fsp3) is 0.200. The highest BCUT2D eigenvalue weighted by molar-refractivity contribution is 5.98. The molecular formula is C20H18N4O. The highest BCUT2D eigenvalue weighted by Gasteiger charge is 2.29. The van der Waals surface area contributed by atoms with E-state index in [2.05, 4.69) is 10.1 Å². The summed E-state index contributed by atoms with van der Waals surface area (Å²) in [5.41, 5.74) is 4.90. The van der Waals surface area contributed by atoms with Gasteiger partial charge in [-0.3, -0.25) is 14.0 Å². The molecule has 4 aromatic rings. The number of hydrogen-bond acceptors (Lipinski definition) is 2. The van der Waals surface area contributed by atoms with Crippen LogP contribution in [0.4, 0.5) is 0 Å². The summed E-state index contributed by atoms with van der Waals surface area (Å²) in [6, 6.07) is 9.81. The van der Waals surface area contributed by atoms with Crippen LogP contribution in [0.1, 0.15) is 24.3 Å². The lowest BCUT2D eigenvalue weighted by Gasteiger charge is -2.11. The molecule has 1 aromatic carbocycles. The summed E-state index contributed by atoms with van der Waals surface area (Å²) in [7, 11) is 1.91. The Bertz CT molecular complexity index is 1130.